The van der Waals surface area contributed by atoms with Gasteiger partial charge in [-0.25, -0.2) is 0 Å². The third-order valence-corrected chi connectivity index (χ3v) is 7.98. The number of aromatic nitrogens is 1. The van der Waals surface area contributed by atoms with Crippen LogP contribution in [0.5, 0.6) is 0 Å². The second-order valence-corrected chi connectivity index (χ2v) is 11.5. The number of nitrogens with zero attached hydrogens (tertiary/aromatic N) is 3. The van der Waals surface area contributed by atoms with Crippen LogP contribution in [0.25, 0.3) is 11.1 Å². The van der Waals surface area contributed by atoms with Crippen LogP contribution in [0, 0.1) is 0 Å². The molecular formula is C32H36F6N4O. The molecular weight excluding hydrogens is 570 g/mol. The minimum atomic E-state index is -5.49. The molecule has 0 bridgehead atoms. The Morgan fingerprint density at radius 3 is 1.91 bits per heavy atom. The summed E-state index contributed by atoms with van der Waals surface area (Å²) in [5.74, 6) is 0.00253. The van der Waals surface area contributed by atoms with Crippen LogP contribution in [0.3, 0.4) is 0 Å². The fraction of sp³-hybridized carbons (Fsp3) is 0.438. The number of benzene rings is 2. The minimum Gasteiger partial charge on any atom is -0.354 e. The van der Waals surface area contributed by atoms with Crippen LogP contribution >= 0.6 is 0 Å². The second kappa shape index (κ2) is 13.1. The second-order valence-electron chi connectivity index (χ2n) is 11.5. The maximum Gasteiger partial charge on any atom is 0.406 e. The summed E-state index contributed by atoms with van der Waals surface area (Å²) < 4.78 is 80.7. The Balaban J connectivity index is 1.44. The molecule has 232 valence electrons. The molecule has 5 nitrogen and oxygen atoms in total. The van der Waals surface area contributed by atoms with Gasteiger partial charge in [-0.15, -0.1) is 0 Å². The summed E-state index contributed by atoms with van der Waals surface area (Å²) >= 11 is 0. The molecule has 43 heavy (non-hydrogen) atoms. The van der Waals surface area contributed by atoms with E-state index in [0.29, 0.717) is 37.2 Å². The van der Waals surface area contributed by atoms with E-state index in [1.54, 1.807) is 12.4 Å². The number of carbonyl (C=O) groups is 1. The highest BCUT2D eigenvalue weighted by Crippen LogP contribution is 2.51. The van der Waals surface area contributed by atoms with Crippen molar-refractivity contribution in [2.24, 2.45) is 0 Å². The van der Waals surface area contributed by atoms with Crippen molar-refractivity contribution < 1.29 is 31.1 Å². The molecule has 1 fully saturated rings. The summed E-state index contributed by atoms with van der Waals surface area (Å²) in [5, 5.41) is 2.98. The van der Waals surface area contributed by atoms with E-state index in [-0.39, 0.29) is 24.9 Å². The lowest BCUT2D eigenvalue weighted by molar-refractivity contribution is -0.297. The van der Waals surface area contributed by atoms with Crippen LogP contribution in [-0.4, -0.2) is 64.8 Å². The molecule has 1 aromatic heterocycles. The highest BCUT2D eigenvalue weighted by atomic mass is 19.4. The minimum absolute atomic E-state index is 0.00253. The Morgan fingerprint density at radius 2 is 1.37 bits per heavy atom. The van der Waals surface area contributed by atoms with E-state index < -0.39 is 23.3 Å². The van der Waals surface area contributed by atoms with Gasteiger partial charge in [0.1, 0.15) is 0 Å². The molecule has 0 aliphatic carbocycles. The van der Waals surface area contributed by atoms with Crippen molar-refractivity contribution in [3.05, 3.63) is 89.7 Å². The highest BCUT2D eigenvalue weighted by molar-refractivity contribution is 5.76. The number of alkyl halides is 6. The molecule has 1 amide bonds. The first-order valence-corrected chi connectivity index (χ1v) is 14.2. The molecule has 1 saturated heterocycles. The normalized spacial score (nSPS) is 17.3. The van der Waals surface area contributed by atoms with Crippen LogP contribution in [0.2, 0.25) is 0 Å². The van der Waals surface area contributed by atoms with Gasteiger partial charge < -0.3 is 5.32 Å². The first kappa shape index (κ1) is 32.5. The summed E-state index contributed by atoms with van der Waals surface area (Å²) in [6, 6.07) is 15.8. The summed E-state index contributed by atoms with van der Waals surface area (Å²) in [6.45, 7) is 7.65. The van der Waals surface area contributed by atoms with Crippen LogP contribution in [0.15, 0.2) is 73.1 Å². The van der Waals surface area contributed by atoms with E-state index in [0.717, 1.165) is 36.3 Å². The smallest absolute Gasteiger partial charge is 0.354 e. The predicted octanol–water partition coefficient (Wildman–Crippen LogP) is 6.73. The van der Waals surface area contributed by atoms with E-state index in [1.807, 2.05) is 50.2 Å². The first-order valence-electron chi connectivity index (χ1n) is 14.2. The highest BCUT2D eigenvalue weighted by Gasteiger charge is 2.68. The van der Waals surface area contributed by atoms with Crippen molar-refractivity contribution >= 4 is 5.91 Å². The largest absolute Gasteiger partial charge is 0.406 e. The van der Waals surface area contributed by atoms with Crippen molar-refractivity contribution in [1.82, 2.24) is 20.1 Å². The van der Waals surface area contributed by atoms with Gasteiger partial charge in [-0.2, -0.15) is 26.3 Å². The number of piperazine rings is 1. The molecule has 1 atom stereocenters. The number of rotatable bonds is 9. The molecule has 11 heteroatoms. The van der Waals surface area contributed by atoms with E-state index in [9.17, 15) is 31.1 Å². The molecule has 1 N–H and O–H groups in total. The number of carbonyl (C=O) groups excluding carboxylic acids is 1. The average Bonchev–Trinajstić information content (AvgIpc) is 2.93. The third-order valence-electron chi connectivity index (χ3n) is 7.98. The summed E-state index contributed by atoms with van der Waals surface area (Å²) in [4.78, 5) is 21.3. The van der Waals surface area contributed by atoms with Gasteiger partial charge in [-0.1, -0.05) is 48.5 Å². The zero-order valence-corrected chi connectivity index (χ0v) is 24.3. The number of amides is 1. The molecule has 0 spiro atoms. The van der Waals surface area contributed by atoms with Crippen LogP contribution in [0.4, 0.5) is 26.3 Å². The van der Waals surface area contributed by atoms with Crippen molar-refractivity contribution in [3.8, 4) is 11.1 Å². The van der Waals surface area contributed by atoms with Crippen LogP contribution in [-0.2, 0) is 23.3 Å². The Hall–Kier alpha value is -3.44. The molecule has 2 aromatic carbocycles. The van der Waals surface area contributed by atoms with Crippen molar-refractivity contribution in [3.63, 3.8) is 0 Å². The van der Waals surface area contributed by atoms with Gasteiger partial charge >= 0.3 is 12.4 Å². The molecule has 2 heterocycles. The number of hydrogen-bond donors (Lipinski definition) is 1. The maximum absolute atomic E-state index is 13.5. The standard InChI is InChI=1S/C32H36F6N4O/c1-22(2)40-29(43)18-28-21-41(16-17-42(28)20-24-12-14-39-15-13-24)19-23-4-6-25(7-5-23)26-8-10-27(11-9-26)30(3,31(33,34)35)32(36,37)38/h4-15,22,28H,16-21H2,1-3H3,(H,40,43). The topological polar surface area (TPSA) is 48.5 Å². The van der Waals surface area contributed by atoms with E-state index in [2.05, 4.69) is 20.1 Å². The molecule has 0 saturated carbocycles. The predicted molar refractivity (Wildman–Crippen MR) is 153 cm³/mol. The third kappa shape index (κ3) is 7.75. The fourth-order valence-electron chi connectivity index (χ4n) is 5.37. The zero-order valence-electron chi connectivity index (χ0n) is 24.3. The van der Waals surface area contributed by atoms with Crippen molar-refractivity contribution in [2.45, 2.75) is 70.1 Å². The Morgan fingerprint density at radius 1 is 0.837 bits per heavy atom. The number of pyridine rings is 1. The van der Waals surface area contributed by atoms with Gasteiger partial charge in [0.2, 0.25) is 5.91 Å². The Bertz CT molecular complexity index is 1330. The Labute approximate surface area is 247 Å². The molecule has 0 radical (unpaired) electrons. The van der Waals surface area contributed by atoms with Gasteiger partial charge in [0.05, 0.1) is 0 Å². The van der Waals surface area contributed by atoms with Gasteiger partial charge in [-0.05, 0) is 60.7 Å². The molecule has 3 aromatic rings. The van der Waals surface area contributed by atoms with Crippen molar-refractivity contribution in [1.29, 1.82) is 0 Å². The lowest BCUT2D eigenvalue weighted by Crippen LogP contribution is -2.53. The zero-order chi connectivity index (χ0) is 31.4. The fourth-order valence-corrected chi connectivity index (χ4v) is 5.37. The SMILES string of the molecule is CC(C)NC(=O)CC1CN(Cc2ccc(-c3ccc(C(C)(C(F)(F)F)C(F)(F)F)cc3)cc2)CCN1Cc1ccncc1. The summed E-state index contributed by atoms with van der Waals surface area (Å²) in [7, 11) is 0. The lowest BCUT2D eigenvalue weighted by Gasteiger charge is -2.41. The first-order chi connectivity index (χ1) is 20.2. The number of hydrogen-bond acceptors (Lipinski definition) is 4. The number of nitrogens with one attached hydrogen (secondary N) is 1. The molecule has 1 unspecified atom stereocenters. The summed E-state index contributed by atoms with van der Waals surface area (Å²) in [5.41, 5.74) is -1.48. The van der Waals surface area contributed by atoms with Crippen molar-refractivity contribution in [2.75, 3.05) is 19.6 Å². The van der Waals surface area contributed by atoms with Gasteiger partial charge in [0, 0.05) is 63.6 Å². The maximum atomic E-state index is 13.5. The number of halogens is 6. The van der Waals surface area contributed by atoms with E-state index in [4.69, 9.17) is 0 Å². The molecule has 4 rings (SSSR count). The van der Waals surface area contributed by atoms with Crippen LogP contribution < -0.4 is 5.32 Å². The van der Waals surface area contributed by atoms with Gasteiger partial charge in [0.15, 0.2) is 5.41 Å². The van der Waals surface area contributed by atoms with E-state index >= 15 is 0 Å². The van der Waals surface area contributed by atoms with Gasteiger partial charge in [0.25, 0.3) is 0 Å². The van der Waals surface area contributed by atoms with Crippen LogP contribution in [0.1, 0.15) is 43.9 Å². The average molecular weight is 607 g/mol. The summed E-state index contributed by atoms with van der Waals surface area (Å²) in [6.07, 6.45) is -7.10. The monoisotopic (exact) mass is 606 g/mol. The molecule has 1 aliphatic rings. The quantitative estimate of drug-likeness (QED) is 0.275. The van der Waals surface area contributed by atoms with Gasteiger partial charge in [-0.3, -0.25) is 19.6 Å². The van der Waals surface area contributed by atoms with E-state index in [1.165, 1.54) is 12.1 Å². The lowest BCUT2D eigenvalue weighted by atomic mass is 9.80. The Kier molecular flexibility index (Phi) is 9.86. The molecule has 1 aliphatic heterocycles.